The van der Waals surface area contributed by atoms with E-state index in [9.17, 15) is 18.0 Å². The molecule has 0 unspecified atom stereocenters. The van der Waals surface area contributed by atoms with Crippen LogP contribution in [0.2, 0.25) is 0 Å². The highest BCUT2D eigenvalue weighted by Gasteiger charge is 2.33. The lowest BCUT2D eigenvalue weighted by Crippen LogP contribution is -2.28. The van der Waals surface area contributed by atoms with Crippen LogP contribution in [0.3, 0.4) is 0 Å². The summed E-state index contributed by atoms with van der Waals surface area (Å²) in [5, 5.41) is 4.95. The highest BCUT2D eigenvalue weighted by Crippen LogP contribution is 2.25. The van der Waals surface area contributed by atoms with Gasteiger partial charge in [0, 0.05) is 5.57 Å². The number of imide groups is 1. The highest BCUT2D eigenvalue weighted by atomic mass is 32.2. The fourth-order valence-corrected chi connectivity index (χ4v) is 2.17. The standard InChI is InChI=1S/C11H10N2O4S/c1-7-6-10(14)13(11(7)15)8-2-4-9(5-3-8)18(12,16)17/h2-5H,1,6H2,(H2,12,16,17). The van der Waals surface area contributed by atoms with E-state index < -0.39 is 15.9 Å². The average Bonchev–Trinajstić information content (AvgIpc) is 2.52. The molecule has 2 rings (SSSR count). The summed E-state index contributed by atoms with van der Waals surface area (Å²) in [4.78, 5) is 24.1. The lowest BCUT2D eigenvalue weighted by atomic mass is 10.3. The summed E-state index contributed by atoms with van der Waals surface area (Å²) in [6.45, 7) is 3.49. The quantitative estimate of drug-likeness (QED) is 0.608. The molecule has 0 saturated carbocycles. The van der Waals surface area contributed by atoms with Crippen LogP contribution in [0.5, 0.6) is 0 Å². The number of hydrogen-bond donors (Lipinski definition) is 1. The highest BCUT2D eigenvalue weighted by molar-refractivity contribution is 7.89. The minimum atomic E-state index is -3.79. The van der Waals surface area contributed by atoms with Crippen molar-refractivity contribution < 1.29 is 18.0 Å². The van der Waals surface area contributed by atoms with Crippen molar-refractivity contribution in [3.8, 4) is 0 Å². The molecule has 1 heterocycles. The van der Waals surface area contributed by atoms with Crippen LogP contribution in [0.25, 0.3) is 0 Å². The summed E-state index contributed by atoms with van der Waals surface area (Å²) < 4.78 is 22.1. The second-order valence-corrected chi connectivity index (χ2v) is 5.41. The molecular formula is C11H10N2O4S. The molecular weight excluding hydrogens is 256 g/mol. The van der Waals surface area contributed by atoms with Gasteiger partial charge in [-0.3, -0.25) is 9.59 Å². The molecule has 1 aromatic carbocycles. The zero-order valence-corrected chi connectivity index (χ0v) is 10.1. The van der Waals surface area contributed by atoms with Crippen LogP contribution in [0, 0.1) is 0 Å². The molecule has 1 fully saturated rings. The zero-order valence-electron chi connectivity index (χ0n) is 9.29. The van der Waals surface area contributed by atoms with E-state index in [-0.39, 0.29) is 22.8 Å². The first-order chi connectivity index (χ1) is 8.30. The Labute approximate surface area is 104 Å². The first-order valence-electron chi connectivity index (χ1n) is 4.98. The molecule has 1 aliphatic heterocycles. The molecule has 94 valence electrons. The molecule has 0 atom stereocenters. The van der Waals surface area contributed by atoms with Crippen molar-refractivity contribution in [2.75, 3.05) is 4.90 Å². The summed E-state index contributed by atoms with van der Waals surface area (Å²) in [5.74, 6) is -0.850. The summed E-state index contributed by atoms with van der Waals surface area (Å²) >= 11 is 0. The van der Waals surface area contributed by atoms with Gasteiger partial charge in [0.15, 0.2) is 0 Å². The normalized spacial score (nSPS) is 16.5. The fourth-order valence-electron chi connectivity index (χ4n) is 1.65. The first-order valence-corrected chi connectivity index (χ1v) is 6.53. The van der Waals surface area contributed by atoms with E-state index in [1.165, 1.54) is 24.3 Å². The van der Waals surface area contributed by atoms with E-state index in [0.29, 0.717) is 5.69 Å². The van der Waals surface area contributed by atoms with Crippen LogP contribution in [-0.2, 0) is 19.6 Å². The average molecular weight is 266 g/mol. The van der Waals surface area contributed by atoms with Gasteiger partial charge < -0.3 is 0 Å². The number of hydrogen-bond acceptors (Lipinski definition) is 4. The molecule has 0 aromatic heterocycles. The van der Waals surface area contributed by atoms with Gasteiger partial charge in [-0.2, -0.15) is 0 Å². The number of amides is 2. The largest absolute Gasteiger partial charge is 0.274 e. The summed E-state index contributed by atoms with van der Waals surface area (Å²) in [7, 11) is -3.79. The summed E-state index contributed by atoms with van der Waals surface area (Å²) in [6, 6.07) is 5.20. The van der Waals surface area contributed by atoms with Crippen molar-refractivity contribution in [2.24, 2.45) is 5.14 Å². The van der Waals surface area contributed by atoms with Gasteiger partial charge in [-0.1, -0.05) is 6.58 Å². The molecule has 0 aliphatic carbocycles. The van der Waals surface area contributed by atoms with Crippen LogP contribution in [0.4, 0.5) is 5.69 Å². The Morgan fingerprint density at radius 1 is 1.17 bits per heavy atom. The second-order valence-electron chi connectivity index (χ2n) is 3.85. The van der Waals surface area contributed by atoms with Crippen LogP contribution < -0.4 is 10.0 Å². The van der Waals surface area contributed by atoms with Crippen molar-refractivity contribution in [1.29, 1.82) is 0 Å². The van der Waals surface area contributed by atoms with Gasteiger partial charge in [0.2, 0.25) is 15.9 Å². The Morgan fingerprint density at radius 2 is 1.72 bits per heavy atom. The van der Waals surface area contributed by atoms with Crippen LogP contribution in [0.15, 0.2) is 41.3 Å². The van der Waals surface area contributed by atoms with Crippen LogP contribution in [-0.4, -0.2) is 20.2 Å². The molecule has 0 radical (unpaired) electrons. The predicted molar refractivity (Wildman–Crippen MR) is 64.1 cm³/mol. The monoisotopic (exact) mass is 266 g/mol. The molecule has 1 saturated heterocycles. The Bertz CT molecular complexity index is 646. The van der Waals surface area contributed by atoms with E-state index in [1.807, 2.05) is 0 Å². The maximum Gasteiger partial charge on any atom is 0.260 e. The fraction of sp³-hybridized carbons (Fsp3) is 0.0909. The third kappa shape index (κ3) is 2.05. The maximum atomic E-state index is 11.7. The Balaban J connectivity index is 2.39. The van der Waals surface area contributed by atoms with Crippen molar-refractivity contribution >= 4 is 27.5 Å². The minimum Gasteiger partial charge on any atom is -0.274 e. The smallest absolute Gasteiger partial charge is 0.260 e. The van der Waals surface area contributed by atoms with E-state index in [1.54, 1.807) is 0 Å². The molecule has 2 N–H and O–H groups in total. The van der Waals surface area contributed by atoms with Gasteiger partial charge in [-0.15, -0.1) is 0 Å². The molecule has 2 amide bonds. The number of nitrogens with two attached hydrogens (primary N) is 1. The SMILES string of the molecule is C=C1CC(=O)N(c2ccc(S(N)(=O)=O)cc2)C1=O. The van der Waals surface area contributed by atoms with Gasteiger partial charge in [0.25, 0.3) is 5.91 Å². The molecule has 0 bridgehead atoms. The molecule has 1 aliphatic rings. The lowest BCUT2D eigenvalue weighted by molar-refractivity contribution is -0.120. The lowest BCUT2D eigenvalue weighted by Gasteiger charge is -2.13. The number of carbonyl (C=O) groups excluding carboxylic acids is 2. The minimum absolute atomic E-state index is 0.0181. The molecule has 7 heteroatoms. The Kier molecular flexibility index (Phi) is 2.80. The van der Waals surface area contributed by atoms with Gasteiger partial charge in [-0.25, -0.2) is 18.5 Å². The maximum absolute atomic E-state index is 11.7. The van der Waals surface area contributed by atoms with Gasteiger partial charge in [0.1, 0.15) is 0 Å². The Hall–Kier alpha value is -1.99. The number of rotatable bonds is 2. The number of anilines is 1. The Morgan fingerprint density at radius 3 is 2.11 bits per heavy atom. The van der Waals surface area contributed by atoms with Crippen molar-refractivity contribution in [1.82, 2.24) is 0 Å². The number of primary sulfonamides is 1. The first kappa shape index (κ1) is 12.5. The van der Waals surface area contributed by atoms with Crippen molar-refractivity contribution in [2.45, 2.75) is 11.3 Å². The summed E-state index contributed by atoms with van der Waals surface area (Å²) in [6.07, 6.45) is -0.0181. The van der Waals surface area contributed by atoms with Crippen molar-refractivity contribution in [3.63, 3.8) is 0 Å². The predicted octanol–water partition coefficient (Wildman–Crippen LogP) is 0.154. The number of nitrogens with zero attached hydrogens (tertiary/aromatic N) is 1. The molecule has 18 heavy (non-hydrogen) atoms. The van der Waals surface area contributed by atoms with Gasteiger partial charge in [0.05, 0.1) is 17.0 Å². The number of sulfonamides is 1. The molecule has 0 spiro atoms. The second kappa shape index (κ2) is 4.04. The third-order valence-electron chi connectivity index (χ3n) is 2.54. The van der Waals surface area contributed by atoms with Gasteiger partial charge in [-0.05, 0) is 24.3 Å². The number of benzene rings is 1. The topological polar surface area (TPSA) is 97.5 Å². The van der Waals surface area contributed by atoms with E-state index in [4.69, 9.17) is 5.14 Å². The van der Waals surface area contributed by atoms with E-state index >= 15 is 0 Å². The van der Waals surface area contributed by atoms with E-state index in [2.05, 4.69) is 6.58 Å². The number of carbonyl (C=O) groups is 2. The van der Waals surface area contributed by atoms with Crippen molar-refractivity contribution in [3.05, 3.63) is 36.4 Å². The van der Waals surface area contributed by atoms with Gasteiger partial charge >= 0.3 is 0 Å². The zero-order chi connectivity index (χ0) is 13.5. The third-order valence-corrected chi connectivity index (χ3v) is 3.47. The molecule has 1 aromatic rings. The van der Waals surface area contributed by atoms with E-state index in [0.717, 1.165) is 4.90 Å². The summed E-state index contributed by atoms with van der Waals surface area (Å²) in [5.41, 5.74) is 0.520. The van der Waals surface area contributed by atoms with Crippen LogP contribution in [0.1, 0.15) is 6.42 Å². The molecule has 6 nitrogen and oxygen atoms in total. The van der Waals surface area contributed by atoms with Crippen LogP contribution >= 0.6 is 0 Å².